The van der Waals surface area contributed by atoms with E-state index in [9.17, 15) is 8.78 Å². The summed E-state index contributed by atoms with van der Waals surface area (Å²) >= 11 is 1.71. The standard InChI is InChI=1S/C12H9F2N3S/c13-8-2-1-6(3-9(8)14)12-16-10-5-18-4-7(10)11(15)17-12/h1-3H,4-5H2,(H2,15,16,17). The van der Waals surface area contributed by atoms with Crippen LogP contribution in [0.3, 0.4) is 0 Å². The summed E-state index contributed by atoms with van der Waals surface area (Å²) in [4.78, 5) is 8.50. The van der Waals surface area contributed by atoms with E-state index in [0.717, 1.165) is 34.9 Å². The Morgan fingerprint density at radius 2 is 1.94 bits per heavy atom. The molecule has 0 bridgehead atoms. The SMILES string of the molecule is Nc1nc(-c2ccc(F)c(F)c2)nc2c1CSC2. The van der Waals surface area contributed by atoms with Gasteiger partial charge in [-0.15, -0.1) is 0 Å². The van der Waals surface area contributed by atoms with Crippen molar-refractivity contribution >= 4 is 17.6 Å². The van der Waals surface area contributed by atoms with Gasteiger partial charge in [-0.2, -0.15) is 11.8 Å². The third-order valence-corrected chi connectivity index (χ3v) is 3.76. The minimum Gasteiger partial charge on any atom is -0.383 e. The highest BCUT2D eigenvalue weighted by Gasteiger charge is 2.19. The zero-order chi connectivity index (χ0) is 12.7. The fourth-order valence-electron chi connectivity index (χ4n) is 1.84. The first kappa shape index (κ1) is 11.4. The molecule has 0 fully saturated rings. The number of anilines is 1. The summed E-state index contributed by atoms with van der Waals surface area (Å²) in [5, 5.41) is 0. The van der Waals surface area contributed by atoms with Crippen LogP contribution in [0.25, 0.3) is 11.4 Å². The van der Waals surface area contributed by atoms with E-state index in [0.29, 0.717) is 17.2 Å². The first-order valence-electron chi connectivity index (χ1n) is 5.33. The van der Waals surface area contributed by atoms with Gasteiger partial charge in [-0.1, -0.05) is 0 Å². The second kappa shape index (κ2) is 4.20. The average molecular weight is 265 g/mol. The Balaban J connectivity index is 2.12. The highest BCUT2D eigenvalue weighted by atomic mass is 32.2. The molecule has 18 heavy (non-hydrogen) atoms. The fraction of sp³-hybridized carbons (Fsp3) is 0.167. The minimum absolute atomic E-state index is 0.340. The lowest BCUT2D eigenvalue weighted by atomic mass is 10.1. The van der Waals surface area contributed by atoms with Crippen molar-refractivity contribution in [2.75, 3.05) is 5.73 Å². The van der Waals surface area contributed by atoms with E-state index in [1.165, 1.54) is 6.07 Å². The molecule has 3 rings (SSSR count). The average Bonchev–Trinajstić information content (AvgIpc) is 2.81. The van der Waals surface area contributed by atoms with E-state index in [4.69, 9.17) is 5.73 Å². The van der Waals surface area contributed by atoms with Gasteiger partial charge in [0.2, 0.25) is 0 Å². The maximum Gasteiger partial charge on any atom is 0.161 e. The normalized spacial score (nSPS) is 13.7. The number of benzene rings is 1. The van der Waals surface area contributed by atoms with E-state index in [2.05, 4.69) is 9.97 Å². The summed E-state index contributed by atoms with van der Waals surface area (Å²) in [6.45, 7) is 0. The number of hydrogen-bond donors (Lipinski definition) is 1. The van der Waals surface area contributed by atoms with Crippen LogP contribution in [-0.2, 0) is 11.5 Å². The number of fused-ring (bicyclic) bond motifs is 1. The van der Waals surface area contributed by atoms with Crippen molar-refractivity contribution in [3.63, 3.8) is 0 Å². The molecule has 1 aromatic heterocycles. The highest BCUT2D eigenvalue weighted by molar-refractivity contribution is 7.98. The lowest BCUT2D eigenvalue weighted by molar-refractivity contribution is 0.509. The van der Waals surface area contributed by atoms with Crippen LogP contribution in [0.1, 0.15) is 11.3 Å². The third kappa shape index (κ3) is 1.82. The lowest BCUT2D eigenvalue weighted by Gasteiger charge is -2.06. The maximum absolute atomic E-state index is 13.2. The number of aromatic nitrogens is 2. The van der Waals surface area contributed by atoms with Crippen molar-refractivity contribution in [2.24, 2.45) is 0 Å². The molecule has 0 spiro atoms. The number of nitrogen functional groups attached to an aromatic ring is 1. The van der Waals surface area contributed by atoms with Crippen molar-refractivity contribution in [2.45, 2.75) is 11.5 Å². The van der Waals surface area contributed by atoms with Gasteiger partial charge in [-0.05, 0) is 18.2 Å². The molecule has 0 aliphatic carbocycles. The van der Waals surface area contributed by atoms with Gasteiger partial charge in [0, 0.05) is 22.6 Å². The van der Waals surface area contributed by atoms with Crippen LogP contribution in [0.2, 0.25) is 0 Å². The molecule has 0 radical (unpaired) electrons. The van der Waals surface area contributed by atoms with Crippen molar-refractivity contribution in [1.29, 1.82) is 0 Å². The molecule has 0 unspecified atom stereocenters. The molecule has 0 saturated carbocycles. The van der Waals surface area contributed by atoms with Gasteiger partial charge in [0.05, 0.1) is 5.69 Å². The third-order valence-electron chi connectivity index (χ3n) is 2.79. The second-order valence-corrected chi connectivity index (χ2v) is 4.96. The summed E-state index contributed by atoms with van der Waals surface area (Å²) in [7, 11) is 0. The predicted octanol–water partition coefficient (Wildman–Crippen LogP) is 2.75. The van der Waals surface area contributed by atoms with Gasteiger partial charge < -0.3 is 5.73 Å². The number of nitrogens with zero attached hydrogens (tertiary/aromatic N) is 2. The summed E-state index contributed by atoms with van der Waals surface area (Å²) < 4.78 is 26.0. The Morgan fingerprint density at radius 1 is 1.11 bits per heavy atom. The van der Waals surface area contributed by atoms with E-state index < -0.39 is 11.6 Å². The molecular formula is C12H9F2N3S. The first-order chi connectivity index (χ1) is 8.65. The Kier molecular flexibility index (Phi) is 2.66. The van der Waals surface area contributed by atoms with Crippen molar-refractivity contribution < 1.29 is 8.78 Å². The zero-order valence-electron chi connectivity index (χ0n) is 9.28. The summed E-state index contributed by atoms with van der Waals surface area (Å²) in [6.07, 6.45) is 0. The van der Waals surface area contributed by atoms with E-state index >= 15 is 0 Å². The van der Waals surface area contributed by atoms with Gasteiger partial charge in [0.15, 0.2) is 17.5 Å². The summed E-state index contributed by atoms with van der Waals surface area (Å²) in [6, 6.07) is 3.59. The predicted molar refractivity (Wildman–Crippen MR) is 66.8 cm³/mol. The number of rotatable bonds is 1. The molecule has 2 N–H and O–H groups in total. The number of nitrogens with two attached hydrogens (primary N) is 1. The van der Waals surface area contributed by atoms with Gasteiger partial charge in [0.1, 0.15) is 5.82 Å². The Bertz CT molecular complexity index is 631. The van der Waals surface area contributed by atoms with Crippen LogP contribution in [0.5, 0.6) is 0 Å². The largest absolute Gasteiger partial charge is 0.383 e. The molecule has 1 aliphatic heterocycles. The monoisotopic (exact) mass is 265 g/mol. The van der Waals surface area contributed by atoms with Crippen LogP contribution in [-0.4, -0.2) is 9.97 Å². The van der Waals surface area contributed by atoms with Crippen LogP contribution in [0, 0.1) is 11.6 Å². The first-order valence-corrected chi connectivity index (χ1v) is 6.49. The number of thioether (sulfide) groups is 1. The van der Waals surface area contributed by atoms with Crippen molar-refractivity contribution in [1.82, 2.24) is 9.97 Å². The molecule has 0 saturated heterocycles. The molecule has 6 heteroatoms. The molecule has 2 aromatic rings. The fourth-order valence-corrected chi connectivity index (χ4v) is 2.89. The number of halogens is 2. The van der Waals surface area contributed by atoms with Gasteiger partial charge in [0.25, 0.3) is 0 Å². The van der Waals surface area contributed by atoms with Crippen molar-refractivity contribution in [3.8, 4) is 11.4 Å². The molecule has 0 amide bonds. The van der Waals surface area contributed by atoms with E-state index in [1.54, 1.807) is 11.8 Å². The Labute approximate surface area is 106 Å². The van der Waals surface area contributed by atoms with Crippen LogP contribution < -0.4 is 5.73 Å². The quantitative estimate of drug-likeness (QED) is 0.861. The van der Waals surface area contributed by atoms with E-state index in [-0.39, 0.29) is 0 Å². The summed E-state index contributed by atoms with van der Waals surface area (Å²) in [5.41, 5.74) is 8.11. The highest BCUT2D eigenvalue weighted by Crippen LogP contribution is 2.33. The van der Waals surface area contributed by atoms with Crippen LogP contribution in [0.15, 0.2) is 18.2 Å². The molecule has 92 valence electrons. The van der Waals surface area contributed by atoms with Gasteiger partial charge >= 0.3 is 0 Å². The second-order valence-electron chi connectivity index (χ2n) is 3.98. The molecular weight excluding hydrogens is 256 g/mol. The Hall–Kier alpha value is -1.69. The van der Waals surface area contributed by atoms with E-state index in [1.807, 2.05) is 0 Å². The maximum atomic E-state index is 13.2. The molecule has 1 aromatic carbocycles. The lowest BCUT2D eigenvalue weighted by Crippen LogP contribution is -2.03. The molecule has 2 heterocycles. The zero-order valence-corrected chi connectivity index (χ0v) is 10.1. The topological polar surface area (TPSA) is 51.8 Å². The van der Waals surface area contributed by atoms with Gasteiger partial charge in [-0.25, -0.2) is 18.7 Å². The molecule has 3 nitrogen and oxygen atoms in total. The molecule has 1 aliphatic rings. The van der Waals surface area contributed by atoms with Crippen molar-refractivity contribution in [3.05, 3.63) is 41.1 Å². The smallest absolute Gasteiger partial charge is 0.161 e. The Morgan fingerprint density at radius 3 is 2.72 bits per heavy atom. The van der Waals surface area contributed by atoms with Crippen LogP contribution in [0.4, 0.5) is 14.6 Å². The number of hydrogen-bond acceptors (Lipinski definition) is 4. The summed E-state index contributed by atoms with van der Waals surface area (Å²) in [5.74, 6) is 0.545. The van der Waals surface area contributed by atoms with Gasteiger partial charge in [-0.3, -0.25) is 0 Å². The molecule has 0 atom stereocenters. The minimum atomic E-state index is -0.912. The van der Waals surface area contributed by atoms with Crippen LogP contribution >= 0.6 is 11.8 Å².